The van der Waals surface area contributed by atoms with Gasteiger partial charge in [-0.1, -0.05) is 220 Å². The van der Waals surface area contributed by atoms with Crippen molar-refractivity contribution in [3.05, 3.63) is 18.2 Å². The maximum Gasteiger partial charge on any atom is 0.256 e. The molecule has 1 aromatic heterocycles. The number of unbranched alkanes of at least 4 members (excludes halogenated alkanes) is 32. The molecule has 0 saturated carbocycles. The van der Waals surface area contributed by atoms with Crippen molar-refractivity contribution in [2.24, 2.45) is 0 Å². The van der Waals surface area contributed by atoms with E-state index in [-0.39, 0.29) is 0 Å². The van der Waals surface area contributed by atoms with E-state index in [1.54, 1.807) is 5.82 Å². The standard InChI is InChI=1S/C44H87N2/c1-4-7-10-12-14-16-18-20-22-24-25-27-29-31-33-35-37-39-44-45(40-9-6-3)42-43-46(44)41-38-36-34-32-30-28-26-23-21-19-17-15-13-11-8-5-2/h42-43H,4-41H2,1-3H3/q+1. The average molecular weight is 644 g/mol. The van der Waals surface area contributed by atoms with Crippen molar-refractivity contribution in [1.29, 1.82) is 0 Å². The normalized spacial score (nSPS) is 11.6. The first-order valence-corrected chi connectivity index (χ1v) is 21.9. The first kappa shape index (κ1) is 43.2. The first-order chi connectivity index (χ1) is 22.8. The molecule has 0 spiro atoms. The molecule has 1 rings (SSSR count). The van der Waals surface area contributed by atoms with Crippen molar-refractivity contribution in [1.82, 2.24) is 4.57 Å². The minimum Gasteiger partial charge on any atom is -0.234 e. The minimum atomic E-state index is 1.21. The van der Waals surface area contributed by atoms with Gasteiger partial charge in [0, 0.05) is 6.42 Å². The quantitative estimate of drug-likeness (QED) is 0.0501. The zero-order valence-electron chi connectivity index (χ0n) is 32.4. The van der Waals surface area contributed by atoms with Crippen LogP contribution in [0.3, 0.4) is 0 Å². The smallest absolute Gasteiger partial charge is 0.234 e. The number of hydrogen-bond donors (Lipinski definition) is 0. The zero-order valence-corrected chi connectivity index (χ0v) is 32.4. The summed E-state index contributed by atoms with van der Waals surface area (Å²) < 4.78 is 5.20. The summed E-state index contributed by atoms with van der Waals surface area (Å²) in [5, 5.41) is 0. The van der Waals surface area contributed by atoms with E-state index in [4.69, 9.17) is 0 Å². The summed E-state index contributed by atoms with van der Waals surface area (Å²) in [6.45, 7) is 9.38. The second-order valence-electron chi connectivity index (χ2n) is 15.2. The lowest BCUT2D eigenvalue weighted by Gasteiger charge is -2.07. The molecule has 0 atom stereocenters. The Labute approximate surface area is 291 Å². The number of nitrogens with zero attached hydrogens (tertiary/aromatic N) is 2. The van der Waals surface area contributed by atoms with E-state index in [2.05, 4.69) is 42.3 Å². The SMILES string of the molecule is CCCCCCCCCCCCCCCCCCCc1n(CCCC)cc[n+]1CCCCCCCCCCCCCCCCCC. The highest BCUT2D eigenvalue weighted by Gasteiger charge is 2.16. The molecule has 0 unspecified atom stereocenters. The van der Waals surface area contributed by atoms with Crippen molar-refractivity contribution in [3.63, 3.8) is 0 Å². The number of rotatable bonds is 38. The molecule has 46 heavy (non-hydrogen) atoms. The lowest BCUT2D eigenvalue weighted by Crippen LogP contribution is -2.37. The van der Waals surface area contributed by atoms with Crippen LogP contribution in [0.5, 0.6) is 0 Å². The molecule has 1 aromatic rings. The Morgan fingerprint density at radius 3 is 1.02 bits per heavy atom. The van der Waals surface area contributed by atoms with Crippen molar-refractivity contribution < 1.29 is 4.57 Å². The Hall–Kier alpha value is -0.790. The van der Waals surface area contributed by atoms with Crippen LogP contribution in [0.15, 0.2) is 12.4 Å². The van der Waals surface area contributed by atoms with E-state index >= 15 is 0 Å². The fraction of sp³-hybridized carbons (Fsp3) is 0.932. The molecule has 0 N–H and O–H groups in total. The highest BCUT2D eigenvalue weighted by Crippen LogP contribution is 2.16. The molecule has 0 aliphatic carbocycles. The van der Waals surface area contributed by atoms with Crippen LogP contribution in [-0.4, -0.2) is 4.57 Å². The Kier molecular flexibility index (Phi) is 33.4. The van der Waals surface area contributed by atoms with Gasteiger partial charge in [-0.15, -0.1) is 0 Å². The largest absolute Gasteiger partial charge is 0.256 e. The lowest BCUT2D eigenvalue weighted by atomic mass is 10.0. The van der Waals surface area contributed by atoms with Crippen LogP contribution in [0, 0.1) is 0 Å². The molecule has 272 valence electrons. The van der Waals surface area contributed by atoms with E-state index in [0.29, 0.717) is 0 Å². The van der Waals surface area contributed by atoms with Gasteiger partial charge in [0.1, 0.15) is 12.4 Å². The van der Waals surface area contributed by atoms with Crippen LogP contribution >= 0.6 is 0 Å². The Bertz CT molecular complexity index is 707. The third-order valence-electron chi connectivity index (χ3n) is 10.6. The number of hydrogen-bond acceptors (Lipinski definition) is 0. The van der Waals surface area contributed by atoms with Crippen LogP contribution in [0.1, 0.15) is 251 Å². The van der Waals surface area contributed by atoms with E-state index < -0.39 is 0 Å². The van der Waals surface area contributed by atoms with Gasteiger partial charge in [0.15, 0.2) is 0 Å². The predicted molar refractivity (Wildman–Crippen MR) is 207 cm³/mol. The van der Waals surface area contributed by atoms with Gasteiger partial charge in [-0.25, -0.2) is 9.13 Å². The Morgan fingerprint density at radius 1 is 0.370 bits per heavy atom. The van der Waals surface area contributed by atoms with Crippen LogP contribution in [-0.2, 0) is 19.5 Å². The van der Waals surface area contributed by atoms with Gasteiger partial charge in [-0.3, -0.25) is 0 Å². The summed E-state index contributed by atoms with van der Waals surface area (Å²) in [4.78, 5) is 0. The summed E-state index contributed by atoms with van der Waals surface area (Å²) in [6, 6.07) is 0. The molecule has 0 amide bonds. The third-order valence-corrected chi connectivity index (χ3v) is 10.6. The molecular weight excluding hydrogens is 556 g/mol. The average Bonchev–Trinajstić information content (AvgIpc) is 3.45. The number of aromatic nitrogens is 2. The van der Waals surface area contributed by atoms with Crippen molar-refractivity contribution in [3.8, 4) is 0 Å². The molecule has 2 nitrogen and oxygen atoms in total. The van der Waals surface area contributed by atoms with Gasteiger partial charge >= 0.3 is 0 Å². The molecule has 0 bridgehead atoms. The molecule has 0 saturated heterocycles. The van der Waals surface area contributed by atoms with Crippen LogP contribution in [0.2, 0.25) is 0 Å². The van der Waals surface area contributed by atoms with Gasteiger partial charge in [-0.05, 0) is 25.7 Å². The van der Waals surface area contributed by atoms with E-state index in [1.807, 2.05) is 0 Å². The molecule has 1 heterocycles. The molecule has 0 aliphatic rings. The zero-order chi connectivity index (χ0) is 33.0. The summed E-state index contributed by atoms with van der Waals surface area (Å²) in [5.74, 6) is 1.61. The lowest BCUT2D eigenvalue weighted by molar-refractivity contribution is -0.704. The fourth-order valence-electron chi connectivity index (χ4n) is 7.36. The highest BCUT2D eigenvalue weighted by molar-refractivity contribution is 4.84. The fourth-order valence-corrected chi connectivity index (χ4v) is 7.36. The van der Waals surface area contributed by atoms with Gasteiger partial charge in [0.2, 0.25) is 0 Å². The topological polar surface area (TPSA) is 8.81 Å². The monoisotopic (exact) mass is 644 g/mol. The van der Waals surface area contributed by atoms with Gasteiger partial charge in [0.05, 0.1) is 13.1 Å². The summed E-state index contributed by atoms with van der Waals surface area (Å²) in [7, 11) is 0. The molecule has 0 fully saturated rings. The Morgan fingerprint density at radius 2 is 0.674 bits per heavy atom. The van der Waals surface area contributed by atoms with Gasteiger partial charge in [0.25, 0.3) is 5.82 Å². The van der Waals surface area contributed by atoms with Crippen LogP contribution in [0.25, 0.3) is 0 Å². The Balaban J connectivity index is 2.03. The van der Waals surface area contributed by atoms with Gasteiger partial charge in [-0.2, -0.15) is 0 Å². The van der Waals surface area contributed by atoms with E-state index in [1.165, 1.54) is 244 Å². The molecule has 0 aliphatic heterocycles. The van der Waals surface area contributed by atoms with Crippen LogP contribution in [0.4, 0.5) is 0 Å². The van der Waals surface area contributed by atoms with Gasteiger partial charge < -0.3 is 0 Å². The predicted octanol–water partition coefficient (Wildman–Crippen LogP) is 15.0. The maximum absolute atomic E-state index is 2.62. The third kappa shape index (κ3) is 27.2. The summed E-state index contributed by atoms with van der Waals surface area (Å²) >= 11 is 0. The molecule has 0 aromatic carbocycles. The molecule has 0 radical (unpaired) electrons. The van der Waals surface area contributed by atoms with E-state index in [0.717, 1.165) is 0 Å². The first-order valence-electron chi connectivity index (χ1n) is 21.9. The summed E-state index contributed by atoms with van der Waals surface area (Å²) in [5.41, 5.74) is 0. The van der Waals surface area contributed by atoms with Crippen molar-refractivity contribution in [2.45, 2.75) is 265 Å². The highest BCUT2D eigenvalue weighted by atomic mass is 15.1. The number of aryl methyl sites for hydroxylation is 2. The second-order valence-corrected chi connectivity index (χ2v) is 15.2. The van der Waals surface area contributed by atoms with Crippen molar-refractivity contribution in [2.75, 3.05) is 0 Å². The summed E-state index contributed by atoms with van der Waals surface area (Å²) in [6.07, 6.45) is 56.5. The number of imidazole rings is 1. The molecular formula is C44H87N2+. The minimum absolute atomic E-state index is 1.21. The van der Waals surface area contributed by atoms with E-state index in [9.17, 15) is 0 Å². The van der Waals surface area contributed by atoms with Crippen molar-refractivity contribution >= 4 is 0 Å². The maximum atomic E-state index is 2.62. The molecule has 2 heteroatoms. The second kappa shape index (κ2) is 35.5. The van der Waals surface area contributed by atoms with Crippen LogP contribution < -0.4 is 4.57 Å².